The van der Waals surface area contributed by atoms with E-state index in [9.17, 15) is 5.11 Å². The van der Waals surface area contributed by atoms with Crippen molar-refractivity contribution >= 4 is 17.3 Å². The minimum atomic E-state index is 0.0486. The summed E-state index contributed by atoms with van der Waals surface area (Å²) < 4.78 is 0. The van der Waals surface area contributed by atoms with E-state index in [2.05, 4.69) is 11.9 Å². The van der Waals surface area contributed by atoms with Crippen LogP contribution >= 0.6 is 11.6 Å². The SMILES string of the molecule is CN(c1ccc(Cl)cc1CO)C1CCC1. The van der Waals surface area contributed by atoms with Crippen molar-refractivity contribution in [2.24, 2.45) is 0 Å². The molecule has 0 radical (unpaired) electrons. The van der Waals surface area contributed by atoms with Gasteiger partial charge < -0.3 is 10.0 Å². The number of hydrogen-bond acceptors (Lipinski definition) is 2. The highest BCUT2D eigenvalue weighted by molar-refractivity contribution is 6.30. The van der Waals surface area contributed by atoms with Gasteiger partial charge in [0.2, 0.25) is 0 Å². The molecular weight excluding hydrogens is 210 g/mol. The highest BCUT2D eigenvalue weighted by Crippen LogP contribution is 2.31. The smallest absolute Gasteiger partial charge is 0.0702 e. The molecule has 0 aliphatic heterocycles. The standard InChI is InChI=1S/C12H16ClNO/c1-14(11-3-2-4-11)12-6-5-10(13)7-9(12)8-15/h5-7,11,15H,2-4,8H2,1H3. The van der Waals surface area contributed by atoms with Gasteiger partial charge in [-0.05, 0) is 37.5 Å². The molecule has 0 spiro atoms. The number of halogens is 1. The van der Waals surface area contributed by atoms with Crippen LogP contribution in [0.15, 0.2) is 18.2 Å². The lowest BCUT2D eigenvalue weighted by atomic mass is 9.91. The average molecular weight is 226 g/mol. The van der Waals surface area contributed by atoms with E-state index in [0.29, 0.717) is 11.1 Å². The summed E-state index contributed by atoms with van der Waals surface area (Å²) in [6.07, 6.45) is 3.82. The third kappa shape index (κ3) is 2.11. The molecule has 0 aromatic heterocycles. The van der Waals surface area contributed by atoms with E-state index in [4.69, 9.17) is 11.6 Å². The van der Waals surface area contributed by atoms with Crippen LogP contribution in [0.5, 0.6) is 0 Å². The molecule has 1 aromatic carbocycles. The molecule has 0 atom stereocenters. The van der Waals surface area contributed by atoms with Crippen LogP contribution in [0.25, 0.3) is 0 Å². The first-order valence-electron chi connectivity index (χ1n) is 5.34. The maximum Gasteiger partial charge on any atom is 0.0702 e. The van der Waals surface area contributed by atoms with E-state index in [1.807, 2.05) is 18.2 Å². The predicted molar refractivity (Wildman–Crippen MR) is 63.4 cm³/mol. The van der Waals surface area contributed by atoms with Crippen LogP contribution in [0, 0.1) is 0 Å². The Balaban J connectivity index is 2.25. The molecule has 2 rings (SSSR count). The highest BCUT2D eigenvalue weighted by atomic mass is 35.5. The van der Waals surface area contributed by atoms with Crippen LogP contribution in [0.4, 0.5) is 5.69 Å². The summed E-state index contributed by atoms with van der Waals surface area (Å²) in [5.74, 6) is 0. The van der Waals surface area contributed by atoms with Gasteiger partial charge in [-0.2, -0.15) is 0 Å². The summed E-state index contributed by atoms with van der Waals surface area (Å²) >= 11 is 5.90. The Kier molecular flexibility index (Phi) is 3.17. The molecule has 0 heterocycles. The maximum absolute atomic E-state index is 9.28. The van der Waals surface area contributed by atoms with Gasteiger partial charge in [-0.1, -0.05) is 11.6 Å². The summed E-state index contributed by atoms with van der Waals surface area (Å²) in [4.78, 5) is 2.26. The topological polar surface area (TPSA) is 23.5 Å². The van der Waals surface area contributed by atoms with E-state index in [-0.39, 0.29) is 6.61 Å². The first-order chi connectivity index (χ1) is 7.22. The average Bonchev–Trinajstić information content (AvgIpc) is 2.14. The molecule has 3 heteroatoms. The first-order valence-corrected chi connectivity index (χ1v) is 5.72. The fourth-order valence-corrected chi connectivity index (χ4v) is 2.19. The normalized spacial score (nSPS) is 16.2. The number of hydrogen-bond donors (Lipinski definition) is 1. The lowest BCUT2D eigenvalue weighted by Gasteiger charge is -2.37. The number of rotatable bonds is 3. The number of aliphatic hydroxyl groups is 1. The van der Waals surface area contributed by atoms with Gasteiger partial charge in [0.1, 0.15) is 0 Å². The van der Waals surface area contributed by atoms with Crippen molar-refractivity contribution in [3.63, 3.8) is 0 Å². The molecule has 15 heavy (non-hydrogen) atoms. The summed E-state index contributed by atoms with van der Waals surface area (Å²) in [5, 5.41) is 9.96. The Morgan fingerprint density at radius 1 is 1.47 bits per heavy atom. The molecular formula is C12H16ClNO. The minimum absolute atomic E-state index is 0.0486. The fourth-order valence-electron chi connectivity index (χ4n) is 2.00. The summed E-state index contributed by atoms with van der Waals surface area (Å²) in [6.45, 7) is 0.0486. The molecule has 0 amide bonds. The highest BCUT2D eigenvalue weighted by Gasteiger charge is 2.23. The third-order valence-electron chi connectivity index (χ3n) is 3.21. The Morgan fingerprint density at radius 3 is 2.73 bits per heavy atom. The van der Waals surface area contributed by atoms with Gasteiger partial charge in [-0.25, -0.2) is 0 Å². The second-order valence-electron chi connectivity index (χ2n) is 4.13. The second kappa shape index (κ2) is 4.42. The molecule has 82 valence electrons. The van der Waals surface area contributed by atoms with E-state index < -0.39 is 0 Å². The third-order valence-corrected chi connectivity index (χ3v) is 3.45. The van der Waals surface area contributed by atoms with Crippen molar-refractivity contribution in [3.05, 3.63) is 28.8 Å². The molecule has 1 fully saturated rings. The maximum atomic E-state index is 9.28. The molecule has 0 bridgehead atoms. The van der Waals surface area contributed by atoms with E-state index >= 15 is 0 Å². The number of aliphatic hydroxyl groups excluding tert-OH is 1. The Bertz CT molecular complexity index is 349. The Morgan fingerprint density at radius 2 is 2.20 bits per heavy atom. The van der Waals surface area contributed by atoms with Gasteiger partial charge in [0, 0.05) is 29.4 Å². The van der Waals surface area contributed by atoms with Crippen molar-refractivity contribution in [1.29, 1.82) is 0 Å². The predicted octanol–water partition coefficient (Wildman–Crippen LogP) is 2.82. The van der Waals surface area contributed by atoms with Crippen molar-refractivity contribution in [1.82, 2.24) is 0 Å². The van der Waals surface area contributed by atoms with Crippen molar-refractivity contribution in [2.75, 3.05) is 11.9 Å². The zero-order valence-corrected chi connectivity index (χ0v) is 9.67. The Labute approximate surface area is 95.5 Å². The molecule has 0 unspecified atom stereocenters. The molecule has 1 saturated carbocycles. The van der Waals surface area contributed by atoms with Gasteiger partial charge in [0.25, 0.3) is 0 Å². The van der Waals surface area contributed by atoms with Crippen LogP contribution in [-0.2, 0) is 6.61 Å². The molecule has 2 nitrogen and oxygen atoms in total. The molecule has 1 aromatic rings. The van der Waals surface area contributed by atoms with Gasteiger partial charge in [0.15, 0.2) is 0 Å². The van der Waals surface area contributed by atoms with Crippen LogP contribution in [0.2, 0.25) is 5.02 Å². The van der Waals surface area contributed by atoms with E-state index in [1.165, 1.54) is 19.3 Å². The first kappa shape index (κ1) is 10.8. The van der Waals surface area contributed by atoms with Crippen molar-refractivity contribution in [2.45, 2.75) is 31.9 Å². The van der Waals surface area contributed by atoms with Crippen LogP contribution in [0.3, 0.4) is 0 Å². The number of nitrogens with zero attached hydrogens (tertiary/aromatic N) is 1. The summed E-state index contributed by atoms with van der Waals surface area (Å²) in [6, 6.07) is 6.35. The van der Waals surface area contributed by atoms with Gasteiger partial charge in [-0.15, -0.1) is 0 Å². The van der Waals surface area contributed by atoms with E-state index in [1.54, 1.807) is 0 Å². The zero-order valence-electron chi connectivity index (χ0n) is 8.91. The fraction of sp³-hybridized carbons (Fsp3) is 0.500. The zero-order chi connectivity index (χ0) is 10.8. The van der Waals surface area contributed by atoms with Crippen LogP contribution in [0.1, 0.15) is 24.8 Å². The monoisotopic (exact) mass is 225 g/mol. The lowest BCUT2D eigenvalue weighted by Crippen LogP contribution is -2.37. The van der Waals surface area contributed by atoms with Gasteiger partial charge in [-0.3, -0.25) is 0 Å². The molecule has 0 saturated heterocycles. The quantitative estimate of drug-likeness (QED) is 0.855. The number of anilines is 1. The Hall–Kier alpha value is -0.730. The van der Waals surface area contributed by atoms with Crippen LogP contribution < -0.4 is 4.90 Å². The summed E-state index contributed by atoms with van der Waals surface area (Å²) in [7, 11) is 2.09. The molecule has 1 aliphatic carbocycles. The van der Waals surface area contributed by atoms with E-state index in [0.717, 1.165) is 11.3 Å². The van der Waals surface area contributed by atoms with Crippen LogP contribution in [-0.4, -0.2) is 18.2 Å². The number of benzene rings is 1. The van der Waals surface area contributed by atoms with Crippen molar-refractivity contribution < 1.29 is 5.11 Å². The largest absolute Gasteiger partial charge is 0.392 e. The summed E-state index contributed by atoms with van der Waals surface area (Å²) in [5.41, 5.74) is 2.02. The molecule has 1 N–H and O–H groups in total. The molecule has 1 aliphatic rings. The minimum Gasteiger partial charge on any atom is -0.392 e. The van der Waals surface area contributed by atoms with Gasteiger partial charge >= 0.3 is 0 Å². The van der Waals surface area contributed by atoms with Gasteiger partial charge in [0.05, 0.1) is 6.61 Å². The second-order valence-corrected chi connectivity index (χ2v) is 4.56. The lowest BCUT2D eigenvalue weighted by molar-refractivity contribution is 0.281. The van der Waals surface area contributed by atoms with Crippen molar-refractivity contribution in [3.8, 4) is 0 Å².